The third-order valence-corrected chi connectivity index (χ3v) is 3.48. The molecule has 3 heteroatoms. The van der Waals surface area contributed by atoms with Gasteiger partial charge in [0.2, 0.25) is 5.91 Å². The zero-order valence-electron chi connectivity index (χ0n) is 10.1. The maximum Gasteiger partial charge on any atom is 0.228 e. The molecular weight excluding hydrogens is 188 g/mol. The van der Waals surface area contributed by atoms with E-state index in [1.54, 1.807) is 0 Å². The lowest BCUT2D eigenvalue weighted by molar-refractivity contribution is -0.142. The number of carbonyl (C=O) groups is 1. The first-order chi connectivity index (χ1) is 6.96. The highest BCUT2D eigenvalue weighted by atomic mass is 16.2. The van der Waals surface area contributed by atoms with E-state index in [0.29, 0.717) is 5.91 Å². The standard InChI is InChI=1S/C12H22N2O/c1-11(2,3)10(15)14-8-4-7-13-9-12(14)5-6-12/h13H,4-9H2,1-3H3. The molecule has 3 nitrogen and oxygen atoms in total. The van der Waals surface area contributed by atoms with Crippen LogP contribution in [0.15, 0.2) is 0 Å². The summed E-state index contributed by atoms with van der Waals surface area (Å²) in [7, 11) is 0. The second-order valence-electron chi connectivity index (χ2n) is 5.96. The summed E-state index contributed by atoms with van der Waals surface area (Å²) in [4.78, 5) is 14.5. The van der Waals surface area contributed by atoms with Gasteiger partial charge in [0, 0.05) is 18.5 Å². The van der Waals surface area contributed by atoms with Crippen LogP contribution in [0.25, 0.3) is 0 Å². The highest BCUT2D eigenvalue weighted by Crippen LogP contribution is 2.43. The van der Waals surface area contributed by atoms with Crippen molar-refractivity contribution in [3.63, 3.8) is 0 Å². The lowest BCUT2D eigenvalue weighted by Crippen LogP contribution is -2.49. The summed E-state index contributed by atoms with van der Waals surface area (Å²) < 4.78 is 0. The van der Waals surface area contributed by atoms with E-state index >= 15 is 0 Å². The average Bonchev–Trinajstić information content (AvgIpc) is 2.92. The summed E-state index contributed by atoms with van der Waals surface area (Å²) >= 11 is 0. The minimum absolute atomic E-state index is 0.181. The fraction of sp³-hybridized carbons (Fsp3) is 0.917. The monoisotopic (exact) mass is 210 g/mol. The Morgan fingerprint density at radius 1 is 1.33 bits per heavy atom. The number of carbonyl (C=O) groups excluding carboxylic acids is 1. The van der Waals surface area contributed by atoms with Gasteiger partial charge in [-0.3, -0.25) is 4.79 Å². The van der Waals surface area contributed by atoms with Crippen LogP contribution in [-0.2, 0) is 4.79 Å². The molecule has 0 bridgehead atoms. The van der Waals surface area contributed by atoms with Gasteiger partial charge in [-0.25, -0.2) is 0 Å². The van der Waals surface area contributed by atoms with Crippen molar-refractivity contribution in [1.29, 1.82) is 0 Å². The van der Waals surface area contributed by atoms with Crippen molar-refractivity contribution in [3.8, 4) is 0 Å². The van der Waals surface area contributed by atoms with Gasteiger partial charge in [0.15, 0.2) is 0 Å². The van der Waals surface area contributed by atoms with Crippen LogP contribution in [-0.4, -0.2) is 36.0 Å². The molecule has 0 unspecified atom stereocenters. The maximum atomic E-state index is 12.3. The number of nitrogens with zero attached hydrogens (tertiary/aromatic N) is 1. The molecule has 2 rings (SSSR count). The highest BCUT2D eigenvalue weighted by molar-refractivity contribution is 5.82. The number of amides is 1. The van der Waals surface area contributed by atoms with Gasteiger partial charge in [0.1, 0.15) is 0 Å². The Kier molecular flexibility index (Phi) is 2.53. The molecule has 86 valence electrons. The molecule has 0 aromatic heterocycles. The van der Waals surface area contributed by atoms with E-state index in [1.807, 2.05) is 20.8 Å². The van der Waals surface area contributed by atoms with Crippen molar-refractivity contribution in [2.24, 2.45) is 5.41 Å². The van der Waals surface area contributed by atoms with Gasteiger partial charge in [0.05, 0.1) is 5.54 Å². The zero-order chi connectivity index (χ0) is 11.1. The molecule has 0 radical (unpaired) electrons. The molecule has 0 atom stereocenters. The Morgan fingerprint density at radius 3 is 2.53 bits per heavy atom. The average molecular weight is 210 g/mol. The molecule has 2 aliphatic rings. The van der Waals surface area contributed by atoms with Crippen molar-refractivity contribution in [1.82, 2.24) is 10.2 Å². The fourth-order valence-electron chi connectivity index (χ4n) is 2.33. The molecule has 1 saturated heterocycles. The number of nitrogens with one attached hydrogen (secondary N) is 1. The molecule has 1 N–H and O–H groups in total. The van der Waals surface area contributed by atoms with Crippen LogP contribution in [0.5, 0.6) is 0 Å². The Bertz CT molecular complexity index is 263. The summed E-state index contributed by atoms with van der Waals surface area (Å²) in [5, 5.41) is 3.44. The van der Waals surface area contributed by atoms with E-state index < -0.39 is 0 Å². The summed E-state index contributed by atoms with van der Waals surface area (Å²) in [5.41, 5.74) is -0.0548. The largest absolute Gasteiger partial charge is 0.335 e. The second-order valence-corrected chi connectivity index (χ2v) is 5.96. The second kappa shape index (κ2) is 3.48. The maximum absolute atomic E-state index is 12.3. The van der Waals surface area contributed by atoms with E-state index in [-0.39, 0.29) is 11.0 Å². The van der Waals surface area contributed by atoms with Crippen LogP contribution < -0.4 is 5.32 Å². The first-order valence-electron chi connectivity index (χ1n) is 5.99. The van der Waals surface area contributed by atoms with Crippen LogP contribution in [0.1, 0.15) is 40.0 Å². The third kappa shape index (κ3) is 2.03. The molecule has 0 aromatic rings. The molecule has 1 aliphatic heterocycles. The van der Waals surface area contributed by atoms with E-state index in [9.17, 15) is 4.79 Å². The van der Waals surface area contributed by atoms with Gasteiger partial charge in [0.25, 0.3) is 0 Å². The van der Waals surface area contributed by atoms with Gasteiger partial charge in [-0.2, -0.15) is 0 Å². The van der Waals surface area contributed by atoms with Crippen LogP contribution >= 0.6 is 0 Å². The first-order valence-corrected chi connectivity index (χ1v) is 5.99. The first kappa shape index (κ1) is 10.9. The Labute approximate surface area is 92.2 Å². The van der Waals surface area contributed by atoms with Gasteiger partial charge in [-0.1, -0.05) is 20.8 Å². The molecule has 1 heterocycles. The topological polar surface area (TPSA) is 32.3 Å². The van der Waals surface area contributed by atoms with Crippen molar-refractivity contribution in [3.05, 3.63) is 0 Å². The minimum atomic E-state index is -0.236. The van der Waals surface area contributed by atoms with E-state index in [0.717, 1.165) is 26.1 Å². The lowest BCUT2D eigenvalue weighted by Gasteiger charge is -2.35. The normalized spacial score (nSPS) is 25.1. The zero-order valence-corrected chi connectivity index (χ0v) is 10.1. The van der Waals surface area contributed by atoms with Crippen LogP contribution in [0.2, 0.25) is 0 Å². The molecule has 2 fully saturated rings. The highest BCUT2D eigenvalue weighted by Gasteiger charge is 2.51. The fourth-order valence-corrected chi connectivity index (χ4v) is 2.33. The summed E-state index contributed by atoms with van der Waals surface area (Å²) in [6, 6.07) is 0. The molecule has 1 saturated carbocycles. The Hall–Kier alpha value is -0.570. The van der Waals surface area contributed by atoms with Crippen molar-refractivity contribution in [2.45, 2.75) is 45.6 Å². The Balaban J connectivity index is 2.15. The lowest BCUT2D eigenvalue weighted by atomic mass is 9.93. The number of hydrogen-bond acceptors (Lipinski definition) is 2. The molecule has 15 heavy (non-hydrogen) atoms. The van der Waals surface area contributed by atoms with Gasteiger partial charge in [-0.15, -0.1) is 0 Å². The quantitative estimate of drug-likeness (QED) is 0.655. The molecule has 1 spiro atoms. The number of hydrogen-bond donors (Lipinski definition) is 1. The summed E-state index contributed by atoms with van der Waals surface area (Å²) in [6.07, 6.45) is 3.45. The minimum Gasteiger partial charge on any atom is -0.335 e. The molecule has 1 aliphatic carbocycles. The number of rotatable bonds is 0. The summed E-state index contributed by atoms with van der Waals surface area (Å²) in [5.74, 6) is 0.323. The van der Waals surface area contributed by atoms with Crippen LogP contribution in [0.3, 0.4) is 0 Å². The predicted octanol–water partition coefficient (Wildman–Crippen LogP) is 1.39. The van der Waals surface area contributed by atoms with Crippen LogP contribution in [0, 0.1) is 5.41 Å². The van der Waals surface area contributed by atoms with E-state index in [4.69, 9.17) is 0 Å². The summed E-state index contributed by atoms with van der Waals surface area (Å²) in [6.45, 7) is 9.03. The van der Waals surface area contributed by atoms with Gasteiger partial charge < -0.3 is 10.2 Å². The SMILES string of the molecule is CC(C)(C)C(=O)N1CCCNCC12CC2. The van der Waals surface area contributed by atoms with Gasteiger partial charge in [-0.05, 0) is 25.8 Å². The third-order valence-electron chi connectivity index (χ3n) is 3.48. The molecular formula is C12H22N2O. The molecule has 1 amide bonds. The van der Waals surface area contributed by atoms with Crippen molar-refractivity contribution >= 4 is 5.91 Å². The Morgan fingerprint density at radius 2 is 2.00 bits per heavy atom. The van der Waals surface area contributed by atoms with E-state index in [1.165, 1.54) is 12.8 Å². The van der Waals surface area contributed by atoms with Crippen molar-refractivity contribution < 1.29 is 4.79 Å². The van der Waals surface area contributed by atoms with Gasteiger partial charge >= 0.3 is 0 Å². The smallest absolute Gasteiger partial charge is 0.228 e. The predicted molar refractivity (Wildman–Crippen MR) is 60.6 cm³/mol. The molecule has 0 aromatic carbocycles. The van der Waals surface area contributed by atoms with Crippen molar-refractivity contribution in [2.75, 3.05) is 19.6 Å². The van der Waals surface area contributed by atoms with E-state index in [2.05, 4.69) is 10.2 Å². The van der Waals surface area contributed by atoms with Crippen LogP contribution in [0.4, 0.5) is 0 Å².